The van der Waals surface area contributed by atoms with Crippen LogP contribution in [0.15, 0.2) is 60.4 Å². The zero-order valence-electron chi connectivity index (χ0n) is 20.5. The van der Waals surface area contributed by atoms with Gasteiger partial charge in [0, 0.05) is 42.2 Å². The Bertz CT molecular complexity index is 1300. The molecule has 4 rings (SSSR count). The number of nitro groups is 1. The molecule has 184 valence electrons. The summed E-state index contributed by atoms with van der Waals surface area (Å²) in [5.41, 5.74) is 2.93. The van der Waals surface area contributed by atoms with Crippen molar-refractivity contribution in [3.63, 3.8) is 0 Å². The van der Waals surface area contributed by atoms with Crippen LogP contribution in [-0.4, -0.2) is 75.7 Å². The SMILES string of the molecule is CNC1(CCN(C)C)C=C(OC)C(Nc2nccc(-c3cn(C)c4cccnc34)n2)=CC1[N+](=O)[O-]. The van der Waals surface area contributed by atoms with E-state index in [1.54, 1.807) is 38.7 Å². The number of nitrogens with one attached hydrogen (secondary N) is 2. The van der Waals surface area contributed by atoms with Gasteiger partial charge in [0.1, 0.15) is 11.3 Å². The number of anilines is 1. The van der Waals surface area contributed by atoms with Crippen molar-refractivity contribution in [1.29, 1.82) is 0 Å². The molecule has 11 heteroatoms. The highest BCUT2D eigenvalue weighted by molar-refractivity contribution is 5.91. The first-order chi connectivity index (χ1) is 16.8. The zero-order valence-corrected chi connectivity index (χ0v) is 20.5. The van der Waals surface area contributed by atoms with Gasteiger partial charge in [0.15, 0.2) is 0 Å². The quantitative estimate of drug-likeness (QED) is 0.352. The first-order valence-electron chi connectivity index (χ1n) is 11.2. The van der Waals surface area contributed by atoms with E-state index in [9.17, 15) is 10.1 Å². The third kappa shape index (κ3) is 4.73. The molecule has 0 amide bonds. The van der Waals surface area contributed by atoms with Crippen LogP contribution < -0.4 is 10.6 Å². The van der Waals surface area contributed by atoms with E-state index in [1.165, 1.54) is 0 Å². The standard InChI is InChI=1S/C24H30N8O3/c1-25-24(9-12-30(2)3)14-20(35-5)18(13-21(24)32(33)34)29-23-27-11-8-17(28-23)16-15-31(4)19-7-6-10-26-22(16)19/h6-8,10-11,13-15,21,25H,9,12H2,1-5H3,(H,27,28,29). The fourth-order valence-electron chi connectivity index (χ4n) is 4.37. The predicted molar refractivity (Wildman–Crippen MR) is 134 cm³/mol. The fraction of sp³-hybridized carbons (Fsp3) is 0.375. The van der Waals surface area contributed by atoms with E-state index in [0.717, 1.165) is 16.6 Å². The van der Waals surface area contributed by atoms with Crippen molar-refractivity contribution in [2.24, 2.45) is 7.05 Å². The van der Waals surface area contributed by atoms with E-state index < -0.39 is 11.6 Å². The number of rotatable bonds is 9. The van der Waals surface area contributed by atoms with Gasteiger partial charge in [0.25, 0.3) is 6.04 Å². The van der Waals surface area contributed by atoms with Crippen molar-refractivity contribution < 1.29 is 9.66 Å². The van der Waals surface area contributed by atoms with Gasteiger partial charge in [-0.15, -0.1) is 0 Å². The van der Waals surface area contributed by atoms with Crippen LogP contribution in [0.1, 0.15) is 6.42 Å². The summed E-state index contributed by atoms with van der Waals surface area (Å²) in [5, 5.41) is 18.4. The molecule has 1 aliphatic carbocycles. The normalized spacial score (nSPS) is 20.0. The van der Waals surface area contributed by atoms with Crippen molar-refractivity contribution in [2.75, 3.05) is 40.1 Å². The number of fused-ring (bicyclic) bond motifs is 1. The molecule has 2 atom stereocenters. The summed E-state index contributed by atoms with van der Waals surface area (Å²) in [5.74, 6) is 0.786. The molecule has 0 fully saturated rings. The number of methoxy groups -OCH3 is 1. The Balaban J connectivity index is 1.69. The number of ether oxygens (including phenoxy) is 1. The van der Waals surface area contributed by atoms with E-state index in [-0.39, 0.29) is 4.92 Å². The summed E-state index contributed by atoms with van der Waals surface area (Å²) in [6, 6.07) is 4.68. The highest BCUT2D eigenvalue weighted by Crippen LogP contribution is 2.32. The molecule has 35 heavy (non-hydrogen) atoms. The second kappa shape index (κ2) is 9.80. The van der Waals surface area contributed by atoms with Crippen LogP contribution in [-0.2, 0) is 11.8 Å². The van der Waals surface area contributed by atoms with Gasteiger partial charge >= 0.3 is 0 Å². The van der Waals surface area contributed by atoms with Crippen LogP contribution in [0.2, 0.25) is 0 Å². The van der Waals surface area contributed by atoms with E-state index in [2.05, 4.69) is 25.6 Å². The van der Waals surface area contributed by atoms with Gasteiger partial charge in [0.05, 0.1) is 29.5 Å². The molecule has 2 N–H and O–H groups in total. The number of likely N-dealkylation sites (N-methyl/N-ethyl adjacent to an activating group) is 1. The maximum absolute atomic E-state index is 12.1. The third-order valence-electron chi connectivity index (χ3n) is 6.31. The van der Waals surface area contributed by atoms with Gasteiger partial charge in [-0.25, -0.2) is 9.97 Å². The highest BCUT2D eigenvalue weighted by atomic mass is 16.6. The first-order valence-corrected chi connectivity index (χ1v) is 11.2. The second-order valence-electron chi connectivity index (χ2n) is 8.78. The lowest BCUT2D eigenvalue weighted by Crippen LogP contribution is -2.57. The number of hydrogen-bond donors (Lipinski definition) is 2. The summed E-state index contributed by atoms with van der Waals surface area (Å²) in [6.07, 6.45) is 9.24. The van der Waals surface area contributed by atoms with E-state index in [1.807, 2.05) is 55.0 Å². The summed E-state index contributed by atoms with van der Waals surface area (Å²) < 4.78 is 7.62. The Morgan fingerprint density at radius 3 is 2.77 bits per heavy atom. The minimum Gasteiger partial charge on any atom is -0.495 e. The van der Waals surface area contributed by atoms with E-state index in [0.29, 0.717) is 36.1 Å². The Labute approximate surface area is 203 Å². The molecule has 0 spiro atoms. The topological polar surface area (TPSA) is 123 Å². The van der Waals surface area contributed by atoms with Crippen molar-refractivity contribution in [1.82, 2.24) is 29.7 Å². The Hall–Kier alpha value is -3.83. The lowest BCUT2D eigenvalue weighted by Gasteiger charge is -2.36. The van der Waals surface area contributed by atoms with Crippen LogP contribution in [0, 0.1) is 10.1 Å². The summed E-state index contributed by atoms with van der Waals surface area (Å²) >= 11 is 0. The third-order valence-corrected chi connectivity index (χ3v) is 6.31. The van der Waals surface area contributed by atoms with Gasteiger partial charge in [-0.1, -0.05) is 0 Å². The van der Waals surface area contributed by atoms with Crippen LogP contribution in [0.4, 0.5) is 5.95 Å². The number of pyridine rings is 1. The average Bonchev–Trinajstić information content (AvgIpc) is 3.19. The molecule has 1 aliphatic rings. The molecule has 0 aliphatic heterocycles. The number of hydrogen-bond acceptors (Lipinski definition) is 9. The summed E-state index contributed by atoms with van der Waals surface area (Å²) in [7, 11) is 9.10. The van der Waals surface area contributed by atoms with Gasteiger partial charge < -0.3 is 24.8 Å². The highest BCUT2D eigenvalue weighted by Gasteiger charge is 2.46. The van der Waals surface area contributed by atoms with Gasteiger partial charge in [-0.2, -0.15) is 0 Å². The molecule has 3 aromatic rings. The molecule has 0 saturated carbocycles. The van der Waals surface area contributed by atoms with Crippen molar-refractivity contribution in [2.45, 2.75) is 18.0 Å². The van der Waals surface area contributed by atoms with E-state index in [4.69, 9.17) is 4.74 Å². The molecule has 11 nitrogen and oxygen atoms in total. The van der Waals surface area contributed by atoms with E-state index >= 15 is 0 Å². The predicted octanol–water partition coefficient (Wildman–Crippen LogP) is 2.43. The maximum atomic E-state index is 12.1. The van der Waals surface area contributed by atoms with Crippen molar-refractivity contribution in [3.8, 4) is 11.3 Å². The van der Waals surface area contributed by atoms with Crippen molar-refractivity contribution in [3.05, 3.63) is 70.5 Å². The first kappa shape index (κ1) is 24.3. The van der Waals surface area contributed by atoms with Crippen LogP contribution >= 0.6 is 0 Å². The lowest BCUT2D eigenvalue weighted by atomic mass is 9.82. The largest absolute Gasteiger partial charge is 0.495 e. The second-order valence-corrected chi connectivity index (χ2v) is 8.78. The number of aryl methyl sites for hydroxylation is 1. The summed E-state index contributed by atoms with van der Waals surface area (Å²) in [4.78, 5) is 27.3. The summed E-state index contributed by atoms with van der Waals surface area (Å²) in [6.45, 7) is 0.666. The fourth-order valence-corrected chi connectivity index (χ4v) is 4.37. The smallest absolute Gasteiger partial charge is 0.255 e. The minimum atomic E-state index is -1.01. The molecule has 0 saturated heterocycles. The van der Waals surface area contributed by atoms with Gasteiger partial charge in [-0.3, -0.25) is 15.1 Å². The lowest BCUT2D eigenvalue weighted by molar-refractivity contribution is -0.519. The van der Waals surface area contributed by atoms with Gasteiger partial charge in [-0.05, 0) is 58.4 Å². The minimum absolute atomic E-state index is 0.282. The van der Waals surface area contributed by atoms with Crippen molar-refractivity contribution >= 4 is 17.0 Å². The van der Waals surface area contributed by atoms with Crippen LogP contribution in [0.5, 0.6) is 0 Å². The Morgan fingerprint density at radius 2 is 2.09 bits per heavy atom. The molecule has 2 unspecified atom stereocenters. The number of nitrogens with zero attached hydrogens (tertiary/aromatic N) is 6. The Kier molecular flexibility index (Phi) is 6.81. The zero-order chi connectivity index (χ0) is 25.2. The molecular weight excluding hydrogens is 448 g/mol. The molecule has 0 radical (unpaired) electrons. The average molecular weight is 479 g/mol. The Morgan fingerprint density at radius 1 is 1.29 bits per heavy atom. The maximum Gasteiger partial charge on any atom is 0.255 e. The van der Waals surface area contributed by atoms with Crippen LogP contribution in [0.3, 0.4) is 0 Å². The number of aromatic nitrogens is 4. The molecule has 0 aromatic carbocycles. The molecule has 3 heterocycles. The van der Waals surface area contributed by atoms with Crippen LogP contribution in [0.25, 0.3) is 22.3 Å². The molecule has 3 aromatic heterocycles. The van der Waals surface area contributed by atoms with Gasteiger partial charge in [0.2, 0.25) is 5.95 Å². The molecule has 0 bridgehead atoms. The molecular formula is C24H30N8O3. The monoisotopic (exact) mass is 478 g/mol.